The number of hydrogen-bond donors (Lipinski definition) is 1. The van der Waals surface area contributed by atoms with E-state index >= 15 is 0 Å². The molecule has 0 radical (unpaired) electrons. The molecule has 0 spiro atoms. The van der Waals surface area contributed by atoms with Crippen LogP contribution in [0.15, 0.2) is 29.6 Å². The van der Waals surface area contributed by atoms with E-state index in [0.717, 1.165) is 14.2 Å². The van der Waals surface area contributed by atoms with E-state index in [1.54, 1.807) is 18.3 Å². The maximum atomic E-state index is 9.92. The van der Waals surface area contributed by atoms with Crippen LogP contribution in [0.1, 0.15) is 5.69 Å². The van der Waals surface area contributed by atoms with E-state index in [1.807, 2.05) is 6.07 Å². The summed E-state index contributed by atoms with van der Waals surface area (Å²) in [5, 5.41) is 10.9. The minimum atomic E-state index is -3.66. The first-order valence-corrected chi connectivity index (χ1v) is 5.33. The molecule has 0 amide bonds. The van der Waals surface area contributed by atoms with E-state index in [1.165, 1.54) is 6.21 Å². The summed E-state index contributed by atoms with van der Waals surface area (Å²) in [5.74, 6) is 0. The predicted octanol–water partition coefficient (Wildman–Crippen LogP) is 0.414. The quantitative estimate of drug-likeness (QED) is 0.472. The Morgan fingerprint density at radius 3 is 2.31 bits per heavy atom. The number of nitrogens with zero attached hydrogens (tertiary/aromatic N) is 2. The third kappa shape index (κ3) is 6.87. The molecule has 1 heterocycles. The first-order valence-electron chi connectivity index (χ1n) is 4.00. The molecule has 0 aliphatic rings. The zero-order chi connectivity index (χ0) is 12.4. The molecule has 0 aliphatic heterocycles. The van der Waals surface area contributed by atoms with E-state index < -0.39 is 10.4 Å². The van der Waals surface area contributed by atoms with Crippen LogP contribution in [-0.4, -0.2) is 39.0 Å². The molecule has 1 N–H and O–H groups in total. The Kier molecular flexibility index (Phi) is 7.01. The van der Waals surface area contributed by atoms with Gasteiger partial charge < -0.3 is 5.21 Å². The number of rotatable bonds is 3. The highest BCUT2D eigenvalue weighted by molar-refractivity contribution is 7.81. The molecule has 0 bridgehead atoms. The van der Waals surface area contributed by atoms with Crippen LogP contribution in [0.2, 0.25) is 0 Å². The summed E-state index contributed by atoms with van der Waals surface area (Å²) in [6.07, 6.45) is 2.91. The van der Waals surface area contributed by atoms with Gasteiger partial charge in [-0.3, -0.25) is 13.4 Å². The van der Waals surface area contributed by atoms with Gasteiger partial charge in [0.05, 0.1) is 26.1 Å². The van der Waals surface area contributed by atoms with Gasteiger partial charge in [-0.2, -0.15) is 8.42 Å². The summed E-state index contributed by atoms with van der Waals surface area (Å²) >= 11 is 0. The van der Waals surface area contributed by atoms with Crippen molar-refractivity contribution in [3.8, 4) is 0 Å². The normalized spacial score (nSPS) is 10.9. The van der Waals surface area contributed by atoms with Gasteiger partial charge in [0.15, 0.2) is 0 Å². The van der Waals surface area contributed by atoms with E-state index in [2.05, 4.69) is 18.5 Å². The summed E-state index contributed by atoms with van der Waals surface area (Å²) in [6, 6.07) is 5.37. The van der Waals surface area contributed by atoms with E-state index in [0.29, 0.717) is 5.69 Å². The van der Waals surface area contributed by atoms with E-state index in [9.17, 15) is 8.42 Å². The second-order valence-corrected chi connectivity index (χ2v) is 3.72. The second kappa shape index (κ2) is 7.74. The summed E-state index contributed by atoms with van der Waals surface area (Å²) < 4.78 is 27.5. The number of aromatic nitrogens is 1. The van der Waals surface area contributed by atoms with Crippen LogP contribution in [0, 0.1) is 0 Å². The lowest BCUT2D eigenvalue weighted by Gasteiger charge is -1.91. The number of pyridine rings is 1. The molecule has 7 nitrogen and oxygen atoms in total. The largest absolute Gasteiger partial charge is 0.411 e. The molecule has 0 atom stereocenters. The Morgan fingerprint density at radius 1 is 1.38 bits per heavy atom. The van der Waals surface area contributed by atoms with Crippen molar-refractivity contribution < 1.29 is 22.0 Å². The highest BCUT2D eigenvalue weighted by Crippen LogP contribution is 1.86. The summed E-state index contributed by atoms with van der Waals surface area (Å²) in [5.41, 5.74) is 0.653. The summed E-state index contributed by atoms with van der Waals surface area (Å²) in [7, 11) is -1.60. The van der Waals surface area contributed by atoms with Crippen LogP contribution in [0.3, 0.4) is 0 Å². The first-order chi connectivity index (χ1) is 7.55. The van der Waals surface area contributed by atoms with Gasteiger partial charge in [0.2, 0.25) is 0 Å². The van der Waals surface area contributed by atoms with Crippen LogP contribution in [0.25, 0.3) is 0 Å². The van der Waals surface area contributed by atoms with E-state index in [-0.39, 0.29) is 0 Å². The Morgan fingerprint density at radius 2 is 2.00 bits per heavy atom. The molecule has 0 saturated heterocycles. The van der Waals surface area contributed by atoms with Gasteiger partial charge >= 0.3 is 10.4 Å². The van der Waals surface area contributed by atoms with Gasteiger partial charge in [0.1, 0.15) is 0 Å². The second-order valence-electron chi connectivity index (χ2n) is 2.24. The molecule has 1 rings (SSSR count). The Hall–Kier alpha value is -1.51. The summed E-state index contributed by atoms with van der Waals surface area (Å²) in [6.45, 7) is 0. The fraction of sp³-hybridized carbons (Fsp3) is 0.250. The average molecular weight is 248 g/mol. The minimum absolute atomic E-state index is 0.653. The molecule has 0 unspecified atom stereocenters. The molecule has 1 aromatic rings. The van der Waals surface area contributed by atoms with Crippen LogP contribution >= 0.6 is 0 Å². The predicted molar refractivity (Wildman–Crippen MR) is 56.6 cm³/mol. The maximum Gasteiger partial charge on any atom is 0.399 e. The molecule has 0 fully saturated rings. The van der Waals surface area contributed by atoms with Crippen molar-refractivity contribution in [3.05, 3.63) is 30.1 Å². The van der Waals surface area contributed by atoms with Crippen molar-refractivity contribution in [2.75, 3.05) is 14.2 Å². The molecule has 0 saturated carbocycles. The first kappa shape index (κ1) is 14.5. The lowest BCUT2D eigenvalue weighted by molar-refractivity contribution is 0.286. The fourth-order valence-electron chi connectivity index (χ4n) is 0.580. The van der Waals surface area contributed by atoms with Crippen LogP contribution < -0.4 is 0 Å². The molecule has 1 aromatic heterocycles. The molecular formula is C8H12N2O5S. The van der Waals surface area contributed by atoms with Crippen LogP contribution in [0.5, 0.6) is 0 Å². The average Bonchev–Trinajstić information content (AvgIpc) is 2.32. The monoisotopic (exact) mass is 248 g/mol. The van der Waals surface area contributed by atoms with Gasteiger partial charge in [-0.1, -0.05) is 11.2 Å². The molecule has 0 aliphatic carbocycles. The molecule has 16 heavy (non-hydrogen) atoms. The van der Waals surface area contributed by atoms with Crippen molar-refractivity contribution >= 4 is 16.6 Å². The van der Waals surface area contributed by atoms with Crippen molar-refractivity contribution in [1.29, 1.82) is 0 Å². The van der Waals surface area contributed by atoms with Crippen molar-refractivity contribution in [2.24, 2.45) is 5.16 Å². The Bertz CT molecular complexity index is 394. The highest BCUT2D eigenvalue weighted by atomic mass is 32.3. The zero-order valence-corrected chi connectivity index (χ0v) is 9.59. The molecular weight excluding hydrogens is 236 g/mol. The fourth-order valence-corrected chi connectivity index (χ4v) is 0.716. The third-order valence-electron chi connectivity index (χ3n) is 1.29. The van der Waals surface area contributed by atoms with Gasteiger partial charge in [0.25, 0.3) is 0 Å². The van der Waals surface area contributed by atoms with Crippen molar-refractivity contribution in [2.45, 2.75) is 0 Å². The van der Waals surface area contributed by atoms with Gasteiger partial charge in [0, 0.05) is 6.20 Å². The molecule has 0 aromatic carbocycles. The lowest BCUT2D eigenvalue weighted by atomic mass is 10.4. The third-order valence-corrected chi connectivity index (χ3v) is 2.10. The van der Waals surface area contributed by atoms with Gasteiger partial charge in [-0.15, -0.1) is 0 Å². The summed E-state index contributed by atoms with van der Waals surface area (Å²) in [4.78, 5) is 3.86. The lowest BCUT2D eigenvalue weighted by Crippen LogP contribution is -2.02. The van der Waals surface area contributed by atoms with Crippen LogP contribution in [-0.2, 0) is 18.8 Å². The van der Waals surface area contributed by atoms with Gasteiger partial charge in [-0.25, -0.2) is 0 Å². The highest BCUT2D eigenvalue weighted by Gasteiger charge is 2.01. The Labute approximate surface area is 93.7 Å². The van der Waals surface area contributed by atoms with Crippen molar-refractivity contribution in [3.63, 3.8) is 0 Å². The Balaban J connectivity index is 0.000000293. The smallest absolute Gasteiger partial charge is 0.399 e. The topological polar surface area (TPSA) is 98.1 Å². The number of oxime groups is 1. The van der Waals surface area contributed by atoms with Crippen LogP contribution in [0.4, 0.5) is 0 Å². The van der Waals surface area contributed by atoms with Gasteiger partial charge in [-0.05, 0) is 12.1 Å². The molecule has 90 valence electrons. The SMILES string of the molecule is COS(=O)(=O)OC.ON=Cc1ccccn1. The number of hydrogen-bond acceptors (Lipinski definition) is 7. The standard InChI is InChI=1S/C6H6N2O.C2H6O4S/c9-8-5-6-3-1-2-4-7-6;1-5-7(3,4)6-2/h1-5,9H;1-2H3. The maximum absolute atomic E-state index is 9.92. The van der Waals surface area contributed by atoms with E-state index in [4.69, 9.17) is 5.21 Å². The minimum Gasteiger partial charge on any atom is -0.411 e. The zero-order valence-electron chi connectivity index (χ0n) is 8.77. The molecule has 8 heteroatoms. The van der Waals surface area contributed by atoms with Crippen molar-refractivity contribution in [1.82, 2.24) is 4.98 Å².